The first-order valence-electron chi connectivity index (χ1n) is 17.6. The molecule has 288 valence electrons. The molecule has 0 aromatic heterocycles. The maximum absolute atomic E-state index is 14.4. The Morgan fingerprint density at radius 3 is 1.64 bits per heavy atom. The highest BCUT2D eigenvalue weighted by molar-refractivity contribution is 7.80. The number of carbonyl (C=O) groups excluding carboxylic acids is 4. The normalized spacial score (nSPS) is 15.9. The van der Waals surface area contributed by atoms with Gasteiger partial charge in [-0.05, 0) is 36.3 Å². The van der Waals surface area contributed by atoms with Crippen molar-refractivity contribution in [2.24, 2.45) is 11.7 Å². The quantitative estimate of drug-likeness (QED) is 0.0831. The van der Waals surface area contributed by atoms with E-state index in [1.807, 2.05) is 0 Å². The summed E-state index contributed by atoms with van der Waals surface area (Å²) < 4.78 is 0. The molecule has 3 rings (SSSR count). The van der Waals surface area contributed by atoms with Crippen LogP contribution >= 0.6 is 12.6 Å². The van der Waals surface area contributed by atoms with Crippen LogP contribution in [0.1, 0.15) is 81.3 Å². The van der Waals surface area contributed by atoms with Gasteiger partial charge in [0.1, 0.15) is 24.2 Å². The fourth-order valence-corrected chi connectivity index (χ4v) is 6.63. The molecule has 2 aromatic carbocycles. The van der Waals surface area contributed by atoms with Crippen molar-refractivity contribution in [3.63, 3.8) is 0 Å². The predicted molar refractivity (Wildman–Crippen MR) is 197 cm³/mol. The molecule has 53 heavy (non-hydrogen) atoms. The molecule has 9 N–H and O–H groups in total. The van der Waals surface area contributed by atoms with E-state index in [1.54, 1.807) is 60.7 Å². The van der Waals surface area contributed by atoms with Crippen LogP contribution in [0.3, 0.4) is 0 Å². The van der Waals surface area contributed by atoms with Crippen molar-refractivity contribution in [3.05, 3.63) is 71.8 Å². The molecule has 0 radical (unpaired) electrons. The molecule has 2 aromatic rings. The van der Waals surface area contributed by atoms with Crippen LogP contribution in [0.15, 0.2) is 60.7 Å². The first-order chi connectivity index (χ1) is 25.3. The van der Waals surface area contributed by atoms with Crippen LogP contribution in [0.5, 0.6) is 0 Å². The smallest absolute Gasteiger partial charge is 0.327 e. The topological polar surface area (TPSA) is 254 Å². The lowest BCUT2D eigenvalue weighted by atomic mass is 9.84. The summed E-state index contributed by atoms with van der Waals surface area (Å²) in [7, 11) is 0. The summed E-state index contributed by atoms with van der Waals surface area (Å²) in [6.45, 7) is 0. The Kier molecular flexibility index (Phi) is 17.3. The third kappa shape index (κ3) is 13.8. The van der Waals surface area contributed by atoms with Crippen LogP contribution in [0.4, 0.5) is 0 Å². The summed E-state index contributed by atoms with van der Waals surface area (Å²) in [4.78, 5) is 89.7. The minimum atomic E-state index is -1.51. The van der Waals surface area contributed by atoms with Crippen molar-refractivity contribution in [1.82, 2.24) is 21.3 Å². The van der Waals surface area contributed by atoms with Crippen LogP contribution < -0.4 is 27.0 Å². The molecule has 15 nitrogen and oxygen atoms in total. The van der Waals surface area contributed by atoms with Gasteiger partial charge in [0.25, 0.3) is 0 Å². The van der Waals surface area contributed by atoms with Crippen molar-refractivity contribution in [2.75, 3.05) is 5.75 Å². The van der Waals surface area contributed by atoms with Crippen molar-refractivity contribution in [1.29, 1.82) is 0 Å². The summed E-state index contributed by atoms with van der Waals surface area (Å²) in [5.41, 5.74) is 7.23. The summed E-state index contributed by atoms with van der Waals surface area (Å²) in [5.74, 6) is -8.09. The average Bonchev–Trinajstić information content (AvgIpc) is 3.14. The Labute approximate surface area is 313 Å². The number of nitrogens with two attached hydrogens (primary N) is 1. The number of amides is 4. The molecule has 0 spiro atoms. The van der Waals surface area contributed by atoms with Crippen molar-refractivity contribution in [3.8, 4) is 0 Å². The SMILES string of the molecule is N[C@@H](CCC(=O)O)C(=O)N[C@H](C(=O)N[C@@H](CCC(=O)O)C(=O)N[C@@H](CC1CCCCC1)C(=O)N[C@@H](CS)C(=O)O)C(c1ccccc1)c1ccccc1. The molecule has 16 heteroatoms. The van der Waals surface area contributed by atoms with Gasteiger partial charge in [-0.2, -0.15) is 12.6 Å². The number of hydrogen-bond donors (Lipinski definition) is 9. The van der Waals surface area contributed by atoms with Crippen LogP contribution in [-0.4, -0.2) is 92.8 Å². The maximum Gasteiger partial charge on any atom is 0.327 e. The number of hydrogen-bond acceptors (Lipinski definition) is 9. The molecule has 4 amide bonds. The first-order valence-corrected chi connectivity index (χ1v) is 18.3. The second kappa shape index (κ2) is 21.5. The van der Waals surface area contributed by atoms with E-state index in [2.05, 4.69) is 33.9 Å². The zero-order chi connectivity index (χ0) is 38.9. The van der Waals surface area contributed by atoms with Crippen LogP contribution in [0.25, 0.3) is 0 Å². The molecule has 0 aliphatic heterocycles. The lowest BCUT2D eigenvalue weighted by Crippen LogP contribution is -2.60. The molecular formula is C37H49N5O10S. The van der Waals surface area contributed by atoms with Gasteiger partial charge in [-0.1, -0.05) is 92.8 Å². The van der Waals surface area contributed by atoms with E-state index in [-0.39, 0.29) is 30.9 Å². The predicted octanol–water partition coefficient (Wildman–Crippen LogP) is 1.80. The lowest BCUT2D eigenvalue weighted by molar-refractivity contribution is -0.141. The van der Waals surface area contributed by atoms with Crippen LogP contribution in [0, 0.1) is 5.92 Å². The highest BCUT2D eigenvalue weighted by Crippen LogP contribution is 2.30. The number of nitrogens with one attached hydrogen (secondary N) is 4. The second-order valence-electron chi connectivity index (χ2n) is 13.2. The van der Waals surface area contributed by atoms with E-state index in [1.165, 1.54) is 0 Å². The largest absolute Gasteiger partial charge is 0.481 e. The molecule has 0 saturated heterocycles. The molecular weight excluding hydrogens is 706 g/mol. The minimum Gasteiger partial charge on any atom is -0.481 e. The van der Waals surface area contributed by atoms with Gasteiger partial charge in [-0.15, -0.1) is 0 Å². The zero-order valence-electron chi connectivity index (χ0n) is 29.3. The monoisotopic (exact) mass is 755 g/mol. The van der Waals surface area contributed by atoms with Gasteiger partial charge in [-0.3, -0.25) is 28.8 Å². The van der Waals surface area contributed by atoms with Gasteiger partial charge < -0.3 is 42.3 Å². The molecule has 0 heterocycles. The Bertz CT molecular complexity index is 1520. The fourth-order valence-electron chi connectivity index (χ4n) is 6.38. The third-order valence-corrected chi connectivity index (χ3v) is 9.61. The van der Waals surface area contributed by atoms with Gasteiger partial charge in [0.2, 0.25) is 23.6 Å². The van der Waals surface area contributed by atoms with Crippen molar-refractivity contribution in [2.45, 2.75) is 100 Å². The number of benzene rings is 2. The van der Waals surface area contributed by atoms with E-state index in [9.17, 15) is 43.8 Å². The standard InChI is InChI=1S/C37H49N5O10S/c38-25(16-18-29(43)44)33(47)42-32(31(23-12-6-2-7-13-23)24-14-8-3-9-15-24)36(50)39-26(17-19-30(45)46)34(48)40-27(20-22-10-4-1-5-11-22)35(49)41-28(21-53)37(51)52/h2-3,6-9,12-15,22,25-28,31-32,53H,1,4-5,10-11,16-21,38H2,(H,39,50)(H,40,48)(H,41,49)(H,42,47)(H,43,44)(H,45,46)(H,51,52)/t25-,26-,27-,28-,32-/m0/s1. The minimum absolute atomic E-state index is 0.0496. The van der Waals surface area contributed by atoms with Crippen molar-refractivity contribution >= 4 is 54.2 Å². The van der Waals surface area contributed by atoms with Crippen LogP contribution in [0.2, 0.25) is 0 Å². The summed E-state index contributed by atoms with van der Waals surface area (Å²) >= 11 is 4.01. The Morgan fingerprint density at radius 1 is 0.642 bits per heavy atom. The summed E-state index contributed by atoms with van der Waals surface area (Å²) in [5, 5.41) is 38.5. The molecule has 1 aliphatic rings. The van der Waals surface area contributed by atoms with Gasteiger partial charge in [0.15, 0.2) is 0 Å². The van der Waals surface area contributed by atoms with E-state index in [0.717, 1.165) is 32.1 Å². The molecule has 5 atom stereocenters. The van der Waals surface area contributed by atoms with Gasteiger partial charge in [0, 0.05) is 24.5 Å². The Balaban J connectivity index is 1.99. The van der Waals surface area contributed by atoms with Gasteiger partial charge in [-0.25, -0.2) is 4.79 Å². The average molecular weight is 756 g/mol. The lowest BCUT2D eigenvalue weighted by Gasteiger charge is -2.31. The first kappa shape index (κ1) is 42.5. The van der Waals surface area contributed by atoms with Gasteiger partial charge >= 0.3 is 17.9 Å². The number of thiol groups is 1. The van der Waals surface area contributed by atoms with E-state index in [4.69, 9.17) is 10.8 Å². The van der Waals surface area contributed by atoms with Gasteiger partial charge in [0.05, 0.1) is 6.04 Å². The fraction of sp³-hybridized carbons (Fsp3) is 0.486. The van der Waals surface area contributed by atoms with E-state index in [0.29, 0.717) is 11.1 Å². The maximum atomic E-state index is 14.4. The van der Waals surface area contributed by atoms with E-state index < -0.39 is 90.5 Å². The Hall–Kier alpha value is -4.96. The number of carbonyl (C=O) groups is 7. The highest BCUT2D eigenvalue weighted by Gasteiger charge is 2.37. The number of carboxylic acid groups (broad SMARTS) is 3. The molecule has 0 unspecified atom stereocenters. The zero-order valence-corrected chi connectivity index (χ0v) is 30.2. The Morgan fingerprint density at radius 2 is 1.13 bits per heavy atom. The van der Waals surface area contributed by atoms with Crippen molar-refractivity contribution < 1.29 is 48.9 Å². The molecule has 1 saturated carbocycles. The van der Waals surface area contributed by atoms with Crippen LogP contribution in [-0.2, 0) is 33.6 Å². The summed E-state index contributed by atoms with van der Waals surface area (Å²) in [6, 6.07) is 10.7. The second-order valence-corrected chi connectivity index (χ2v) is 13.6. The summed E-state index contributed by atoms with van der Waals surface area (Å²) in [6.07, 6.45) is 3.10. The molecule has 1 fully saturated rings. The molecule has 1 aliphatic carbocycles. The highest BCUT2D eigenvalue weighted by atomic mass is 32.1. The number of aliphatic carboxylic acids is 3. The third-order valence-electron chi connectivity index (χ3n) is 9.24. The number of carboxylic acids is 3. The molecule has 0 bridgehead atoms. The number of rotatable bonds is 21. The van der Waals surface area contributed by atoms with E-state index >= 15 is 0 Å².